The van der Waals surface area contributed by atoms with Gasteiger partial charge in [0.2, 0.25) is 0 Å². The zero-order chi connectivity index (χ0) is 12.4. The van der Waals surface area contributed by atoms with Crippen molar-refractivity contribution in [2.75, 3.05) is 20.0 Å². The van der Waals surface area contributed by atoms with E-state index in [1.807, 2.05) is 19.1 Å². The van der Waals surface area contributed by atoms with Crippen molar-refractivity contribution in [1.29, 1.82) is 0 Å². The lowest BCUT2D eigenvalue weighted by atomic mass is 10.1. The van der Waals surface area contributed by atoms with Gasteiger partial charge in [-0.05, 0) is 18.6 Å². The molecule has 0 unspecified atom stereocenters. The van der Waals surface area contributed by atoms with Gasteiger partial charge in [-0.3, -0.25) is 5.10 Å². The molecule has 0 saturated heterocycles. The molecule has 0 aliphatic heterocycles. The first kappa shape index (κ1) is 11.3. The molecule has 17 heavy (non-hydrogen) atoms. The van der Waals surface area contributed by atoms with Crippen LogP contribution in [0.2, 0.25) is 0 Å². The van der Waals surface area contributed by atoms with Gasteiger partial charge < -0.3 is 15.2 Å². The molecular weight excluding hydrogens is 218 g/mol. The maximum Gasteiger partial charge on any atom is 0.145 e. The maximum atomic E-state index is 5.59. The Kier molecular flexibility index (Phi) is 2.91. The summed E-state index contributed by atoms with van der Waals surface area (Å²) < 4.78 is 10.6. The van der Waals surface area contributed by atoms with Crippen molar-refractivity contribution >= 4 is 5.82 Å². The standard InChI is InChI=1S/C12H15N3O2/c1-7-4-8(9-5-12(13)15-14-9)11(17-3)6-10(7)16-2/h4-6H,1-3H3,(H3,13,14,15). The third kappa shape index (κ3) is 2.04. The first-order valence-corrected chi connectivity index (χ1v) is 5.19. The number of ether oxygens (including phenoxy) is 2. The summed E-state index contributed by atoms with van der Waals surface area (Å²) in [5, 5.41) is 6.77. The van der Waals surface area contributed by atoms with E-state index in [-0.39, 0.29) is 0 Å². The molecule has 2 rings (SSSR count). The number of aromatic nitrogens is 2. The number of benzene rings is 1. The Morgan fingerprint density at radius 3 is 2.35 bits per heavy atom. The summed E-state index contributed by atoms with van der Waals surface area (Å²) >= 11 is 0. The number of anilines is 1. The molecule has 5 heteroatoms. The number of aryl methyl sites for hydroxylation is 1. The Labute approximate surface area is 99.5 Å². The normalized spacial score (nSPS) is 10.3. The highest BCUT2D eigenvalue weighted by Crippen LogP contribution is 2.35. The number of hydrogen-bond acceptors (Lipinski definition) is 4. The van der Waals surface area contributed by atoms with Crippen LogP contribution in [-0.2, 0) is 0 Å². The first-order valence-electron chi connectivity index (χ1n) is 5.19. The van der Waals surface area contributed by atoms with Crippen LogP contribution in [0.1, 0.15) is 5.56 Å². The van der Waals surface area contributed by atoms with Gasteiger partial charge in [-0.25, -0.2) is 0 Å². The second-order valence-corrected chi connectivity index (χ2v) is 3.73. The summed E-state index contributed by atoms with van der Waals surface area (Å²) in [4.78, 5) is 0. The average Bonchev–Trinajstić information content (AvgIpc) is 2.75. The van der Waals surface area contributed by atoms with Crippen LogP contribution in [0.25, 0.3) is 11.3 Å². The van der Waals surface area contributed by atoms with Crippen LogP contribution in [0.4, 0.5) is 5.82 Å². The fourth-order valence-corrected chi connectivity index (χ4v) is 1.74. The SMILES string of the molecule is COc1cc(OC)c(-c2cc(N)n[nH]2)cc1C. The molecule has 0 spiro atoms. The van der Waals surface area contributed by atoms with Crippen LogP contribution in [-0.4, -0.2) is 24.4 Å². The summed E-state index contributed by atoms with van der Waals surface area (Å²) in [6.07, 6.45) is 0. The van der Waals surface area contributed by atoms with Gasteiger partial charge in [0.1, 0.15) is 17.3 Å². The molecule has 1 heterocycles. The summed E-state index contributed by atoms with van der Waals surface area (Å²) in [5.41, 5.74) is 8.35. The molecule has 1 aromatic heterocycles. The number of nitrogens with one attached hydrogen (secondary N) is 1. The minimum absolute atomic E-state index is 0.454. The molecule has 90 valence electrons. The quantitative estimate of drug-likeness (QED) is 0.850. The van der Waals surface area contributed by atoms with E-state index in [1.54, 1.807) is 20.3 Å². The van der Waals surface area contributed by atoms with Crippen molar-refractivity contribution < 1.29 is 9.47 Å². The number of aromatic amines is 1. The van der Waals surface area contributed by atoms with Crippen molar-refractivity contribution in [3.8, 4) is 22.8 Å². The van der Waals surface area contributed by atoms with E-state index in [4.69, 9.17) is 15.2 Å². The zero-order valence-corrected chi connectivity index (χ0v) is 10.1. The molecule has 0 aliphatic rings. The highest BCUT2D eigenvalue weighted by atomic mass is 16.5. The van der Waals surface area contributed by atoms with Crippen molar-refractivity contribution in [3.63, 3.8) is 0 Å². The average molecular weight is 233 g/mol. The van der Waals surface area contributed by atoms with Gasteiger partial charge in [0.25, 0.3) is 0 Å². The number of hydrogen-bond donors (Lipinski definition) is 2. The Morgan fingerprint density at radius 2 is 1.82 bits per heavy atom. The van der Waals surface area contributed by atoms with Gasteiger partial charge in [-0.1, -0.05) is 0 Å². The first-order chi connectivity index (χ1) is 8.15. The Balaban J connectivity index is 2.57. The maximum absolute atomic E-state index is 5.59. The van der Waals surface area contributed by atoms with Gasteiger partial charge in [0.05, 0.1) is 19.9 Å². The fraction of sp³-hybridized carbons (Fsp3) is 0.250. The smallest absolute Gasteiger partial charge is 0.145 e. The number of H-pyrrole nitrogens is 1. The molecule has 3 N–H and O–H groups in total. The lowest BCUT2D eigenvalue weighted by Crippen LogP contribution is -1.93. The molecule has 0 amide bonds. The predicted molar refractivity (Wildman–Crippen MR) is 66.3 cm³/mol. The molecular formula is C12H15N3O2. The predicted octanol–water partition coefficient (Wildman–Crippen LogP) is 1.98. The second-order valence-electron chi connectivity index (χ2n) is 3.73. The highest BCUT2D eigenvalue weighted by molar-refractivity contribution is 5.71. The topological polar surface area (TPSA) is 73.2 Å². The third-order valence-electron chi connectivity index (χ3n) is 2.60. The molecule has 1 aromatic carbocycles. The molecule has 0 atom stereocenters. The Bertz CT molecular complexity index is 535. The highest BCUT2D eigenvalue weighted by Gasteiger charge is 2.12. The molecule has 0 aliphatic carbocycles. The van der Waals surface area contributed by atoms with Crippen LogP contribution in [0, 0.1) is 6.92 Å². The summed E-state index contributed by atoms with van der Waals surface area (Å²) in [6.45, 7) is 1.97. The number of methoxy groups -OCH3 is 2. The summed E-state index contributed by atoms with van der Waals surface area (Å²) in [5.74, 6) is 1.96. The number of nitrogen functional groups attached to an aromatic ring is 1. The third-order valence-corrected chi connectivity index (χ3v) is 2.60. The molecule has 5 nitrogen and oxygen atoms in total. The lowest BCUT2D eigenvalue weighted by molar-refractivity contribution is 0.393. The van der Waals surface area contributed by atoms with E-state index in [2.05, 4.69) is 10.2 Å². The zero-order valence-electron chi connectivity index (χ0n) is 10.1. The monoisotopic (exact) mass is 233 g/mol. The Hall–Kier alpha value is -2.17. The van der Waals surface area contributed by atoms with E-state index < -0.39 is 0 Å². The summed E-state index contributed by atoms with van der Waals surface area (Å²) in [7, 11) is 3.25. The lowest BCUT2D eigenvalue weighted by Gasteiger charge is -2.11. The molecule has 0 radical (unpaired) electrons. The largest absolute Gasteiger partial charge is 0.496 e. The van der Waals surface area contributed by atoms with Crippen LogP contribution in [0.15, 0.2) is 18.2 Å². The fourth-order valence-electron chi connectivity index (χ4n) is 1.74. The van der Waals surface area contributed by atoms with E-state index in [9.17, 15) is 0 Å². The van der Waals surface area contributed by atoms with Crippen molar-refractivity contribution in [2.24, 2.45) is 0 Å². The number of nitrogens with two attached hydrogens (primary N) is 1. The molecule has 0 saturated carbocycles. The minimum atomic E-state index is 0.454. The molecule has 0 bridgehead atoms. The Morgan fingerprint density at radius 1 is 1.12 bits per heavy atom. The molecule has 0 fully saturated rings. The van der Waals surface area contributed by atoms with E-state index >= 15 is 0 Å². The number of rotatable bonds is 3. The van der Waals surface area contributed by atoms with Gasteiger partial charge in [0, 0.05) is 17.7 Å². The second kappa shape index (κ2) is 4.37. The molecule has 2 aromatic rings. The van der Waals surface area contributed by atoms with Gasteiger partial charge in [0.15, 0.2) is 0 Å². The number of nitrogens with zero attached hydrogens (tertiary/aromatic N) is 1. The van der Waals surface area contributed by atoms with Crippen molar-refractivity contribution in [3.05, 3.63) is 23.8 Å². The minimum Gasteiger partial charge on any atom is -0.496 e. The van der Waals surface area contributed by atoms with Crippen molar-refractivity contribution in [1.82, 2.24) is 10.2 Å². The van der Waals surface area contributed by atoms with E-state index in [1.165, 1.54) is 0 Å². The van der Waals surface area contributed by atoms with E-state index in [0.717, 1.165) is 28.3 Å². The van der Waals surface area contributed by atoms with Crippen LogP contribution < -0.4 is 15.2 Å². The van der Waals surface area contributed by atoms with Gasteiger partial charge >= 0.3 is 0 Å². The van der Waals surface area contributed by atoms with E-state index in [0.29, 0.717) is 5.82 Å². The van der Waals surface area contributed by atoms with Crippen LogP contribution in [0.3, 0.4) is 0 Å². The van der Waals surface area contributed by atoms with Gasteiger partial charge in [-0.15, -0.1) is 0 Å². The van der Waals surface area contributed by atoms with Crippen molar-refractivity contribution in [2.45, 2.75) is 6.92 Å². The summed E-state index contributed by atoms with van der Waals surface area (Å²) in [6, 6.07) is 5.59. The van der Waals surface area contributed by atoms with Crippen LogP contribution in [0.5, 0.6) is 11.5 Å². The van der Waals surface area contributed by atoms with Crippen LogP contribution >= 0.6 is 0 Å². The van der Waals surface area contributed by atoms with Gasteiger partial charge in [-0.2, -0.15) is 5.10 Å².